The fourth-order valence-corrected chi connectivity index (χ4v) is 3.60. The number of halogens is 4. The molecule has 1 aliphatic heterocycles. The molecule has 0 bridgehead atoms. The van der Waals surface area contributed by atoms with E-state index in [1.54, 1.807) is 0 Å². The van der Waals surface area contributed by atoms with Gasteiger partial charge in [0.25, 0.3) is 0 Å². The van der Waals surface area contributed by atoms with Gasteiger partial charge in [-0.25, -0.2) is 0 Å². The number of rotatable bonds is 1. The van der Waals surface area contributed by atoms with E-state index in [1.807, 2.05) is 13.8 Å². The quantitative estimate of drug-likeness (QED) is 0.544. The summed E-state index contributed by atoms with van der Waals surface area (Å²) in [6.07, 6.45) is -3.71. The molecule has 0 aromatic heterocycles. The lowest BCUT2D eigenvalue weighted by Gasteiger charge is -2.23. The summed E-state index contributed by atoms with van der Waals surface area (Å²) in [5.41, 5.74) is 0.992. The molecular weight excluding hydrogens is 343 g/mol. The molecule has 2 amide bonds. The Hall–Kier alpha value is -1.82. The Morgan fingerprint density at radius 3 is 2.00 bits per heavy atom. The summed E-state index contributed by atoms with van der Waals surface area (Å²) in [5, 5.41) is -0.462. The van der Waals surface area contributed by atoms with Crippen LogP contribution in [-0.2, 0) is 15.8 Å². The van der Waals surface area contributed by atoms with Crippen molar-refractivity contribution in [2.75, 3.05) is 4.90 Å². The van der Waals surface area contributed by atoms with Gasteiger partial charge in [0.2, 0.25) is 11.8 Å². The van der Waals surface area contributed by atoms with Crippen LogP contribution in [0, 0.1) is 11.8 Å². The number of carbonyl (C=O) groups is 2. The van der Waals surface area contributed by atoms with Crippen LogP contribution in [0.25, 0.3) is 0 Å². The summed E-state index contributed by atoms with van der Waals surface area (Å²) in [4.78, 5) is 26.1. The summed E-state index contributed by atoms with van der Waals surface area (Å²) in [6, 6.07) is 3.11. The Balaban J connectivity index is 2.00. The van der Waals surface area contributed by atoms with Crippen LogP contribution in [0.1, 0.15) is 32.3 Å². The minimum Gasteiger partial charge on any atom is -0.274 e. The van der Waals surface area contributed by atoms with Crippen LogP contribution in [0.2, 0.25) is 5.02 Å². The maximum atomic E-state index is 13.0. The van der Waals surface area contributed by atoms with Gasteiger partial charge >= 0.3 is 6.18 Å². The van der Waals surface area contributed by atoms with Gasteiger partial charge in [0.05, 0.1) is 28.1 Å². The second-order valence-corrected chi connectivity index (χ2v) is 6.76. The lowest BCUT2D eigenvalue weighted by atomic mass is 9.78. The second kappa shape index (κ2) is 5.62. The van der Waals surface area contributed by atoms with Crippen molar-refractivity contribution in [2.24, 2.45) is 11.8 Å². The summed E-state index contributed by atoms with van der Waals surface area (Å²) in [6.45, 7) is 3.83. The third-order valence-electron chi connectivity index (χ3n) is 4.86. The van der Waals surface area contributed by atoms with Crippen molar-refractivity contribution in [3.8, 4) is 0 Å². The smallest absolute Gasteiger partial charge is 0.274 e. The molecule has 1 saturated heterocycles. The fourth-order valence-electron chi connectivity index (χ4n) is 3.38. The van der Waals surface area contributed by atoms with Crippen LogP contribution in [0.5, 0.6) is 0 Å². The molecule has 0 saturated carbocycles. The van der Waals surface area contributed by atoms with Crippen LogP contribution in [-0.4, -0.2) is 11.8 Å². The molecule has 1 aliphatic carbocycles. The van der Waals surface area contributed by atoms with Gasteiger partial charge in [0.1, 0.15) is 0 Å². The number of carbonyl (C=O) groups excluding carboxylic acids is 2. The number of fused-ring (bicyclic) bond motifs is 1. The molecule has 1 fully saturated rings. The van der Waals surface area contributed by atoms with Crippen LogP contribution in [0.3, 0.4) is 0 Å². The lowest BCUT2D eigenvalue weighted by Crippen LogP contribution is -2.31. The maximum absolute atomic E-state index is 13.0. The number of anilines is 1. The molecule has 24 heavy (non-hydrogen) atoms. The third-order valence-corrected chi connectivity index (χ3v) is 5.18. The molecule has 1 heterocycles. The third kappa shape index (κ3) is 2.62. The van der Waals surface area contributed by atoms with Gasteiger partial charge in [-0.05, 0) is 44.9 Å². The number of imide groups is 1. The number of alkyl halides is 3. The SMILES string of the molecule is CC1=C(C)CC2C(=O)N(c3ccc(Cl)c(C(F)(F)F)c3)C(=O)C2C1. The molecule has 3 rings (SSSR count). The van der Waals surface area contributed by atoms with Crippen molar-refractivity contribution in [3.05, 3.63) is 39.9 Å². The molecule has 1 aromatic rings. The van der Waals surface area contributed by atoms with Gasteiger partial charge < -0.3 is 0 Å². The molecule has 0 radical (unpaired) electrons. The molecule has 2 unspecified atom stereocenters. The zero-order valence-electron chi connectivity index (χ0n) is 13.1. The highest BCUT2D eigenvalue weighted by molar-refractivity contribution is 6.31. The van der Waals surface area contributed by atoms with E-state index in [1.165, 1.54) is 6.07 Å². The largest absolute Gasteiger partial charge is 0.417 e. The van der Waals surface area contributed by atoms with Crippen LogP contribution in [0.15, 0.2) is 29.3 Å². The van der Waals surface area contributed by atoms with Crippen molar-refractivity contribution in [1.82, 2.24) is 0 Å². The first-order valence-electron chi connectivity index (χ1n) is 7.51. The van der Waals surface area contributed by atoms with Crippen LogP contribution >= 0.6 is 11.6 Å². The van der Waals surface area contributed by atoms with E-state index in [0.717, 1.165) is 28.2 Å². The first-order chi connectivity index (χ1) is 11.1. The van der Waals surface area contributed by atoms with E-state index in [9.17, 15) is 22.8 Å². The molecule has 2 atom stereocenters. The van der Waals surface area contributed by atoms with Crippen molar-refractivity contribution >= 4 is 29.1 Å². The van der Waals surface area contributed by atoms with Crippen LogP contribution < -0.4 is 4.90 Å². The molecular formula is C17H15ClF3NO2. The average Bonchev–Trinajstić information content (AvgIpc) is 2.71. The highest BCUT2D eigenvalue weighted by atomic mass is 35.5. The van der Waals surface area contributed by atoms with Gasteiger partial charge in [-0.15, -0.1) is 0 Å². The van der Waals surface area contributed by atoms with E-state index in [4.69, 9.17) is 11.6 Å². The zero-order valence-corrected chi connectivity index (χ0v) is 13.8. The van der Waals surface area contributed by atoms with E-state index in [0.29, 0.717) is 12.8 Å². The van der Waals surface area contributed by atoms with Crippen LogP contribution in [0.4, 0.5) is 18.9 Å². The summed E-state index contributed by atoms with van der Waals surface area (Å²) >= 11 is 5.61. The topological polar surface area (TPSA) is 37.4 Å². The second-order valence-electron chi connectivity index (χ2n) is 6.36. The van der Waals surface area contributed by atoms with E-state index in [2.05, 4.69) is 0 Å². The molecule has 2 aliphatic rings. The fraction of sp³-hybridized carbons (Fsp3) is 0.412. The Morgan fingerprint density at radius 2 is 1.54 bits per heavy atom. The number of benzene rings is 1. The number of allylic oxidation sites excluding steroid dienone is 2. The van der Waals surface area contributed by atoms with E-state index >= 15 is 0 Å². The molecule has 128 valence electrons. The molecule has 3 nitrogen and oxygen atoms in total. The standard InChI is InChI=1S/C17H15ClF3NO2/c1-8-5-11-12(6-9(8)2)16(24)22(15(11)23)10-3-4-14(18)13(7-10)17(19,20)21/h3-4,7,11-12H,5-6H2,1-2H3. The van der Waals surface area contributed by atoms with Gasteiger partial charge in [-0.1, -0.05) is 22.7 Å². The van der Waals surface area contributed by atoms with E-state index < -0.39 is 40.4 Å². The maximum Gasteiger partial charge on any atom is 0.417 e. The zero-order chi connectivity index (χ0) is 17.8. The Bertz CT molecular complexity index is 738. The highest BCUT2D eigenvalue weighted by Crippen LogP contribution is 2.44. The minimum atomic E-state index is -4.65. The molecule has 1 aromatic carbocycles. The Kier molecular flexibility index (Phi) is 3.98. The predicted octanol–water partition coefficient (Wildman–Crippen LogP) is 4.59. The van der Waals surface area contributed by atoms with Crippen molar-refractivity contribution in [2.45, 2.75) is 32.9 Å². The highest BCUT2D eigenvalue weighted by Gasteiger charge is 2.50. The van der Waals surface area contributed by atoms with Crippen molar-refractivity contribution < 1.29 is 22.8 Å². The predicted molar refractivity (Wildman–Crippen MR) is 83.5 cm³/mol. The molecule has 7 heteroatoms. The van der Waals surface area contributed by atoms with Gasteiger partial charge in [0, 0.05) is 0 Å². The number of nitrogens with zero attached hydrogens (tertiary/aromatic N) is 1. The first-order valence-corrected chi connectivity index (χ1v) is 7.89. The first kappa shape index (κ1) is 17.0. The monoisotopic (exact) mass is 357 g/mol. The van der Waals surface area contributed by atoms with Crippen molar-refractivity contribution in [1.29, 1.82) is 0 Å². The summed E-state index contributed by atoms with van der Waals surface area (Å²) in [5.74, 6) is -1.86. The van der Waals surface area contributed by atoms with Crippen molar-refractivity contribution in [3.63, 3.8) is 0 Å². The average molecular weight is 358 g/mol. The van der Waals surface area contributed by atoms with Gasteiger partial charge in [0.15, 0.2) is 0 Å². The summed E-state index contributed by atoms with van der Waals surface area (Å²) in [7, 11) is 0. The van der Waals surface area contributed by atoms with Gasteiger partial charge in [-0.3, -0.25) is 14.5 Å². The normalized spacial score (nSPS) is 24.7. The minimum absolute atomic E-state index is 0.0774. The number of amides is 2. The number of hydrogen-bond acceptors (Lipinski definition) is 2. The molecule has 0 spiro atoms. The molecule has 0 N–H and O–H groups in total. The Morgan fingerprint density at radius 1 is 1.04 bits per heavy atom. The van der Waals surface area contributed by atoms with E-state index in [-0.39, 0.29) is 5.69 Å². The van der Waals surface area contributed by atoms with Gasteiger partial charge in [-0.2, -0.15) is 13.2 Å². The Labute approximate surface area is 142 Å². The number of hydrogen-bond donors (Lipinski definition) is 0. The lowest BCUT2D eigenvalue weighted by molar-refractivity contribution is -0.137. The summed E-state index contributed by atoms with van der Waals surface area (Å²) < 4.78 is 39.1.